The second-order valence-corrected chi connectivity index (χ2v) is 11.9. The Balaban J connectivity index is 1.80. The second kappa shape index (κ2) is 12.3. The summed E-state index contributed by atoms with van der Waals surface area (Å²) in [4.78, 5) is 20.5. The van der Waals surface area contributed by atoms with E-state index in [1.54, 1.807) is 24.3 Å². The summed E-state index contributed by atoms with van der Waals surface area (Å²) in [6.07, 6.45) is 1.10. The van der Waals surface area contributed by atoms with Crippen molar-refractivity contribution in [2.45, 2.75) is 13.8 Å². The molecule has 1 amide bonds. The van der Waals surface area contributed by atoms with Crippen LogP contribution in [-0.4, -0.2) is 63.8 Å². The molecule has 0 aliphatic rings. The molecule has 206 valence electrons. The standard InChI is InChI=1S/C28H32IN5O4S/c1-5-34(6-2)16-15-30-28(35)21-11-7-9-19-25(20-10-8-12-22(29)27(20)32-26(19)21)31-23-14-13-18(17-24(23)38-3)33-39(4,36)37/h7-14,17,33H,5-6,15-16H2,1-4H3,(H,30,35)(H,31,32). The fraction of sp³-hybridized carbons (Fsp3) is 0.286. The van der Waals surface area contributed by atoms with Gasteiger partial charge in [0, 0.05) is 33.5 Å². The number of carbonyl (C=O) groups excluding carboxylic acids is 1. The number of halogens is 1. The minimum Gasteiger partial charge on any atom is -0.494 e. The number of likely N-dealkylation sites (N-methyl/N-ethyl adjacent to an activating group) is 1. The molecular formula is C28H32IN5O4S. The van der Waals surface area contributed by atoms with Crippen molar-refractivity contribution in [3.63, 3.8) is 0 Å². The number of nitrogens with zero attached hydrogens (tertiary/aromatic N) is 2. The molecule has 0 aliphatic carbocycles. The highest BCUT2D eigenvalue weighted by Crippen LogP contribution is 2.39. The average molecular weight is 662 g/mol. The molecule has 0 atom stereocenters. The molecule has 0 saturated heterocycles. The van der Waals surface area contributed by atoms with Crippen molar-refractivity contribution in [3.8, 4) is 5.75 Å². The van der Waals surface area contributed by atoms with E-state index in [4.69, 9.17) is 9.72 Å². The molecule has 0 fully saturated rings. The number of fused-ring (bicyclic) bond motifs is 2. The van der Waals surface area contributed by atoms with Gasteiger partial charge in [0.15, 0.2) is 0 Å². The Morgan fingerprint density at radius 3 is 2.38 bits per heavy atom. The number of hydrogen-bond donors (Lipinski definition) is 3. The van der Waals surface area contributed by atoms with E-state index < -0.39 is 10.0 Å². The summed E-state index contributed by atoms with van der Waals surface area (Å²) in [5, 5.41) is 8.19. The average Bonchev–Trinajstić information content (AvgIpc) is 2.91. The van der Waals surface area contributed by atoms with E-state index in [1.807, 2.05) is 30.3 Å². The molecular weight excluding hydrogens is 629 g/mol. The van der Waals surface area contributed by atoms with Crippen LogP contribution in [0.1, 0.15) is 24.2 Å². The minimum atomic E-state index is -3.44. The van der Waals surface area contributed by atoms with Crippen LogP contribution in [0.2, 0.25) is 0 Å². The number of hydrogen-bond acceptors (Lipinski definition) is 7. The molecule has 39 heavy (non-hydrogen) atoms. The smallest absolute Gasteiger partial charge is 0.253 e. The van der Waals surface area contributed by atoms with Crippen LogP contribution < -0.4 is 20.1 Å². The van der Waals surface area contributed by atoms with Crippen molar-refractivity contribution in [3.05, 3.63) is 63.7 Å². The van der Waals surface area contributed by atoms with Crippen molar-refractivity contribution in [2.24, 2.45) is 0 Å². The number of carbonyl (C=O) groups is 1. The van der Waals surface area contributed by atoms with Gasteiger partial charge in [0.05, 0.1) is 47.0 Å². The third-order valence-electron chi connectivity index (χ3n) is 6.40. The lowest BCUT2D eigenvalue weighted by Crippen LogP contribution is -2.34. The molecule has 0 bridgehead atoms. The number of amides is 1. The SMILES string of the molecule is CCN(CC)CCNC(=O)c1cccc2c(Nc3ccc(NS(C)(=O)=O)cc3OC)c3cccc(I)c3nc12. The number of anilines is 3. The van der Waals surface area contributed by atoms with Gasteiger partial charge in [-0.25, -0.2) is 13.4 Å². The monoisotopic (exact) mass is 661 g/mol. The topological polar surface area (TPSA) is 113 Å². The number of benzene rings is 3. The van der Waals surface area contributed by atoms with E-state index in [1.165, 1.54) is 7.11 Å². The maximum absolute atomic E-state index is 13.3. The molecule has 1 heterocycles. The third-order valence-corrected chi connectivity index (χ3v) is 7.88. The summed E-state index contributed by atoms with van der Waals surface area (Å²) in [5.41, 5.74) is 3.66. The van der Waals surface area contributed by atoms with Crippen molar-refractivity contribution < 1.29 is 17.9 Å². The van der Waals surface area contributed by atoms with Gasteiger partial charge in [-0.1, -0.05) is 38.1 Å². The highest BCUT2D eigenvalue weighted by Gasteiger charge is 2.18. The molecule has 0 saturated carbocycles. The Kier molecular flexibility index (Phi) is 9.13. The van der Waals surface area contributed by atoms with Crippen LogP contribution in [0.5, 0.6) is 5.75 Å². The van der Waals surface area contributed by atoms with Gasteiger partial charge in [0.25, 0.3) is 5.91 Å². The number of aromatic nitrogens is 1. The Hall–Kier alpha value is -3.16. The fourth-order valence-corrected chi connectivity index (χ4v) is 5.61. The Morgan fingerprint density at radius 1 is 1.03 bits per heavy atom. The van der Waals surface area contributed by atoms with Crippen LogP contribution in [0.4, 0.5) is 17.1 Å². The van der Waals surface area contributed by atoms with Gasteiger partial charge >= 0.3 is 0 Å². The predicted octanol–water partition coefficient (Wildman–Crippen LogP) is 5.19. The molecule has 3 N–H and O–H groups in total. The first-order chi connectivity index (χ1) is 18.6. The zero-order chi connectivity index (χ0) is 28.2. The number of pyridine rings is 1. The molecule has 0 radical (unpaired) electrons. The van der Waals surface area contributed by atoms with Gasteiger partial charge in [-0.05, 0) is 59.9 Å². The van der Waals surface area contributed by atoms with E-state index in [0.717, 1.165) is 51.4 Å². The summed E-state index contributed by atoms with van der Waals surface area (Å²) >= 11 is 2.25. The molecule has 11 heteroatoms. The van der Waals surface area contributed by atoms with Crippen LogP contribution in [0.3, 0.4) is 0 Å². The zero-order valence-electron chi connectivity index (χ0n) is 22.3. The van der Waals surface area contributed by atoms with Crippen molar-refractivity contribution in [1.29, 1.82) is 0 Å². The number of nitrogens with one attached hydrogen (secondary N) is 3. The molecule has 0 unspecified atom stereocenters. The Morgan fingerprint density at radius 2 is 1.72 bits per heavy atom. The maximum Gasteiger partial charge on any atom is 0.253 e. The maximum atomic E-state index is 13.3. The highest BCUT2D eigenvalue weighted by molar-refractivity contribution is 14.1. The molecule has 1 aromatic heterocycles. The van der Waals surface area contributed by atoms with E-state index in [0.29, 0.717) is 34.7 Å². The number of para-hydroxylation sites is 2. The molecule has 4 aromatic rings. The Labute approximate surface area is 242 Å². The zero-order valence-corrected chi connectivity index (χ0v) is 25.3. The van der Waals surface area contributed by atoms with E-state index >= 15 is 0 Å². The van der Waals surface area contributed by atoms with Crippen molar-refractivity contribution in [1.82, 2.24) is 15.2 Å². The van der Waals surface area contributed by atoms with Crippen molar-refractivity contribution in [2.75, 3.05) is 49.6 Å². The number of rotatable bonds is 11. The van der Waals surface area contributed by atoms with E-state index in [-0.39, 0.29) is 5.91 Å². The highest BCUT2D eigenvalue weighted by atomic mass is 127. The van der Waals surface area contributed by atoms with E-state index in [9.17, 15) is 13.2 Å². The van der Waals surface area contributed by atoms with Gasteiger partial charge in [0.2, 0.25) is 10.0 Å². The van der Waals surface area contributed by atoms with Crippen molar-refractivity contribution >= 4 is 77.4 Å². The number of ether oxygens (including phenoxy) is 1. The van der Waals surface area contributed by atoms with Gasteiger partial charge in [-0.3, -0.25) is 9.52 Å². The first-order valence-corrected chi connectivity index (χ1v) is 15.6. The summed E-state index contributed by atoms with van der Waals surface area (Å²) in [5.74, 6) is 0.281. The van der Waals surface area contributed by atoms with E-state index in [2.05, 4.69) is 56.7 Å². The lowest BCUT2D eigenvalue weighted by molar-refractivity contribution is 0.0950. The van der Waals surface area contributed by atoms with Crippen LogP contribution >= 0.6 is 22.6 Å². The largest absolute Gasteiger partial charge is 0.494 e. The summed E-state index contributed by atoms with van der Waals surface area (Å²) < 4.78 is 32.4. The summed E-state index contributed by atoms with van der Waals surface area (Å²) in [7, 11) is -1.91. The molecule has 0 spiro atoms. The third kappa shape index (κ3) is 6.71. The predicted molar refractivity (Wildman–Crippen MR) is 167 cm³/mol. The van der Waals surface area contributed by atoms with Gasteiger partial charge in [-0.15, -0.1) is 0 Å². The summed E-state index contributed by atoms with van der Waals surface area (Å²) in [6, 6.07) is 16.5. The normalized spacial score (nSPS) is 11.6. The van der Waals surface area contributed by atoms with Crippen LogP contribution in [0.25, 0.3) is 21.8 Å². The van der Waals surface area contributed by atoms with Crippen LogP contribution in [-0.2, 0) is 10.0 Å². The second-order valence-electron chi connectivity index (χ2n) is 9.02. The first-order valence-electron chi connectivity index (χ1n) is 12.6. The fourth-order valence-electron chi connectivity index (χ4n) is 4.44. The number of methoxy groups -OCH3 is 1. The first kappa shape index (κ1) is 28.8. The summed E-state index contributed by atoms with van der Waals surface area (Å²) in [6.45, 7) is 7.37. The van der Waals surface area contributed by atoms with Crippen LogP contribution in [0.15, 0.2) is 54.6 Å². The van der Waals surface area contributed by atoms with Gasteiger partial charge in [-0.2, -0.15) is 0 Å². The van der Waals surface area contributed by atoms with Crippen LogP contribution in [0, 0.1) is 3.57 Å². The van der Waals surface area contributed by atoms with Gasteiger partial charge < -0.3 is 20.3 Å². The number of sulfonamides is 1. The molecule has 4 rings (SSSR count). The Bertz CT molecular complexity index is 1620. The lowest BCUT2D eigenvalue weighted by Gasteiger charge is -2.19. The molecule has 3 aromatic carbocycles. The quantitative estimate of drug-likeness (QED) is 0.150. The van der Waals surface area contributed by atoms with Gasteiger partial charge in [0.1, 0.15) is 5.75 Å². The lowest BCUT2D eigenvalue weighted by atomic mass is 10.0. The minimum absolute atomic E-state index is 0.176. The molecule has 9 nitrogen and oxygen atoms in total. The molecule has 0 aliphatic heterocycles.